The fourth-order valence-electron chi connectivity index (χ4n) is 9.46. The van der Waals surface area contributed by atoms with E-state index in [0.29, 0.717) is 5.56 Å². The van der Waals surface area contributed by atoms with E-state index in [0.717, 1.165) is 89.4 Å². The van der Waals surface area contributed by atoms with Crippen LogP contribution in [0.4, 0.5) is 0 Å². The number of hydrogen-bond donors (Lipinski definition) is 0. The van der Waals surface area contributed by atoms with Gasteiger partial charge in [-0.1, -0.05) is 91.0 Å². The van der Waals surface area contributed by atoms with Crippen LogP contribution in [0.3, 0.4) is 0 Å². The molecule has 0 atom stereocenters. The predicted molar refractivity (Wildman–Crippen MR) is 213 cm³/mol. The lowest BCUT2D eigenvalue weighted by atomic mass is 9.66. The second kappa shape index (κ2) is 10.5. The first kappa shape index (κ1) is 29.1. The molecule has 12 rings (SSSR count). The normalized spacial score (nSPS) is 13.5. The molecule has 0 N–H and O–H groups in total. The molecule has 0 bridgehead atoms. The molecular formula is C48H27N5O. The molecule has 1 spiro atoms. The Bertz CT molecular complexity index is 3190. The molecule has 0 amide bonds. The van der Waals surface area contributed by atoms with Crippen LogP contribution in [-0.4, -0.2) is 19.1 Å². The molecule has 54 heavy (non-hydrogen) atoms. The van der Waals surface area contributed by atoms with Crippen LogP contribution < -0.4 is 4.74 Å². The molecular weight excluding hydrogens is 663 g/mol. The summed E-state index contributed by atoms with van der Waals surface area (Å²) in [5.41, 5.74) is 11.9. The number of ether oxygens (including phenoxy) is 1. The first-order valence-corrected chi connectivity index (χ1v) is 18.1. The van der Waals surface area contributed by atoms with Crippen molar-refractivity contribution < 1.29 is 4.74 Å². The molecule has 6 heteroatoms. The van der Waals surface area contributed by atoms with E-state index in [1.54, 1.807) is 0 Å². The lowest BCUT2D eigenvalue weighted by Crippen LogP contribution is -2.33. The Morgan fingerprint density at radius 1 is 0.463 bits per heavy atom. The number of benzene rings is 6. The molecule has 0 radical (unpaired) electrons. The van der Waals surface area contributed by atoms with E-state index in [4.69, 9.17) is 14.7 Å². The molecule has 0 unspecified atom stereocenters. The van der Waals surface area contributed by atoms with Crippen molar-refractivity contribution >= 4 is 43.6 Å². The molecule has 0 saturated carbocycles. The van der Waals surface area contributed by atoms with Crippen LogP contribution >= 0.6 is 0 Å². The first-order chi connectivity index (χ1) is 26.8. The van der Waals surface area contributed by atoms with Gasteiger partial charge in [-0.15, -0.1) is 0 Å². The predicted octanol–water partition coefficient (Wildman–Crippen LogP) is 11.0. The maximum atomic E-state index is 9.87. The van der Waals surface area contributed by atoms with Crippen molar-refractivity contribution in [3.05, 3.63) is 192 Å². The molecule has 1 aliphatic heterocycles. The van der Waals surface area contributed by atoms with Crippen molar-refractivity contribution in [2.45, 2.75) is 5.41 Å². The monoisotopic (exact) mass is 689 g/mol. The van der Waals surface area contributed by atoms with Crippen LogP contribution in [0, 0.1) is 11.3 Å². The van der Waals surface area contributed by atoms with Gasteiger partial charge in [-0.05, 0) is 71.8 Å². The zero-order chi connectivity index (χ0) is 35.5. The van der Waals surface area contributed by atoms with Gasteiger partial charge in [0.1, 0.15) is 0 Å². The van der Waals surface area contributed by atoms with Gasteiger partial charge in [0.05, 0.1) is 61.9 Å². The summed E-state index contributed by atoms with van der Waals surface area (Å²) < 4.78 is 12.1. The number of nitriles is 1. The highest BCUT2D eigenvalue weighted by molar-refractivity contribution is 6.11. The Hall–Kier alpha value is -7.49. The summed E-state index contributed by atoms with van der Waals surface area (Å²) in [6.07, 6.45) is 3.71. The second-order valence-corrected chi connectivity index (χ2v) is 14.0. The fourth-order valence-corrected chi connectivity index (χ4v) is 9.46. The van der Waals surface area contributed by atoms with E-state index in [1.807, 2.05) is 36.7 Å². The summed E-state index contributed by atoms with van der Waals surface area (Å²) in [5.74, 6) is 1.54. The molecule has 6 nitrogen and oxygen atoms in total. The summed E-state index contributed by atoms with van der Waals surface area (Å²) in [5, 5.41) is 14.3. The summed E-state index contributed by atoms with van der Waals surface area (Å²) in [4.78, 5) is 9.96. The summed E-state index contributed by atoms with van der Waals surface area (Å²) in [7, 11) is 0. The minimum Gasteiger partial charge on any atom is -0.452 e. The highest BCUT2D eigenvalue weighted by atomic mass is 16.5. The number of nitrogens with zero attached hydrogens (tertiary/aromatic N) is 5. The van der Waals surface area contributed by atoms with E-state index in [2.05, 4.69) is 143 Å². The summed E-state index contributed by atoms with van der Waals surface area (Å²) in [6, 6.07) is 55.3. The van der Waals surface area contributed by atoms with Crippen molar-refractivity contribution in [3.8, 4) is 40.3 Å². The third kappa shape index (κ3) is 3.53. The third-order valence-electron chi connectivity index (χ3n) is 11.5. The van der Waals surface area contributed by atoms with Gasteiger partial charge >= 0.3 is 0 Å². The lowest BCUT2D eigenvalue weighted by Gasteiger charge is -2.40. The Kier molecular flexibility index (Phi) is 5.68. The molecule has 10 aromatic rings. The number of aromatic nitrogens is 4. The van der Waals surface area contributed by atoms with Crippen LogP contribution in [0.25, 0.3) is 66.4 Å². The van der Waals surface area contributed by atoms with E-state index in [9.17, 15) is 5.26 Å². The number of rotatable bonds is 2. The first-order valence-electron chi connectivity index (χ1n) is 18.1. The average Bonchev–Trinajstić information content (AvgIpc) is 3.85. The lowest BCUT2D eigenvalue weighted by molar-refractivity contribution is 0.433. The molecule has 5 heterocycles. The quantitative estimate of drug-likeness (QED) is 0.181. The van der Waals surface area contributed by atoms with Crippen LogP contribution in [0.2, 0.25) is 0 Å². The number of pyridine rings is 2. The van der Waals surface area contributed by atoms with Gasteiger partial charge in [0.15, 0.2) is 11.5 Å². The van der Waals surface area contributed by atoms with E-state index >= 15 is 0 Å². The molecule has 2 aliphatic rings. The molecule has 250 valence electrons. The minimum absolute atomic E-state index is 0.625. The Labute approximate surface area is 309 Å². The molecule has 4 aromatic heterocycles. The Balaban J connectivity index is 1.25. The highest BCUT2D eigenvalue weighted by Crippen LogP contribution is 2.63. The van der Waals surface area contributed by atoms with Crippen molar-refractivity contribution in [2.75, 3.05) is 0 Å². The maximum Gasteiger partial charge on any atom is 0.156 e. The van der Waals surface area contributed by atoms with Crippen LogP contribution in [-0.2, 0) is 5.41 Å². The zero-order valence-corrected chi connectivity index (χ0v) is 28.7. The number of fused-ring (bicyclic) bond motifs is 15. The molecule has 0 fully saturated rings. The van der Waals surface area contributed by atoms with Gasteiger partial charge < -0.3 is 13.9 Å². The topological polar surface area (TPSA) is 68.7 Å². The van der Waals surface area contributed by atoms with Gasteiger partial charge in [0, 0.05) is 45.1 Å². The van der Waals surface area contributed by atoms with Gasteiger partial charge in [0.2, 0.25) is 0 Å². The number of para-hydroxylation sites is 5. The van der Waals surface area contributed by atoms with Gasteiger partial charge in [-0.25, -0.2) is 0 Å². The third-order valence-corrected chi connectivity index (χ3v) is 11.5. The highest BCUT2D eigenvalue weighted by Gasteiger charge is 2.53. The molecule has 0 saturated heterocycles. The van der Waals surface area contributed by atoms with Crippen molar-refractivity contribution in [2.24, 2.45) is 0 Å². The van der Waals surface area contributed by atoms with E-state index in [1.165, 1.54) is 10.8 Å². The van der Waals surface area contributed by atoms with Crippen LogP contribution in [0.5, 0.6) is 11.5 Å². The smallest absolute Gasteiger partial charge is 0.156 e. The SMILES string of the molecule is N#Cc1ccc2c(c1)c1ccccc1n2-c1cccc2c1Oc1c(-n3c4ccccc4c4ccccc43)cccc1C21c2cccnc2-c2ncccc21. The largest absolute Gasteiger partial charge is 0.452 e. The molecule has 6 aromatic carbocycles. The van der Waals surface area contributed by atoms with Gasteiger partial charge in [-0.3, -0.25) is 9.97 Å². The van der Waals surface area contributed by atoms with Crippen molar-refractivity contribution in [1.29, 1.82) is 5.26 Å². The molecule has 1 aliphatic carbocycles. The standard InChI is InChI=1S/C48H27N5O/c49-28-29-23-24-41-33(27-29)32-13-3-6-20-40(32)53(41)43-22-8-15-37-47(43)54-46-36(48(37)34-16-9-25-50-44(34)45-35(48)17-10-26-51-45)14-7-21-42(46)52-38-18-4-1-11-30(38)31-12-2-5-19-39(31)52/h1-27H. The van der Waals surface area contributed by atoms with E-state index < -0.39 is 5.41 Å². The Morgan fingerprint density at radius 2 is 0.926 bits per heavy atom. The van der Waals surface area contributed by atoms with Gasteiger partial charge in [-0.2, -0.15) is 5.26 Å². The zero-order valence-electron chi connectivity index (χ0n) is 28.7. The van der Waals surface area contributed by atoms with Crippen molar-refractivity contribution in [1.82, 2.24) is 19.1 Å². The van der Waals surface area contributed by atoms with Crippen molar-refractivity contribution in [3.63, 3.8) is 0 Å². The maximum absolute atomic E-state index is 9.87. The minimum atomic E-state index is -0.784. The van der Waals surface area contributed by atoms with Crippen LogP contribution in [0.1, 0.15) is 27.8 Å². The second-order valence-electron chi connectivity index (χ2n) is 14.0. The van der Waals surface area contributed by atoms with Crippen LogP contribution in [0.15, 0.2) is 164 Å². The number of hydrogen-bond acceptors (Lipinski definition) is 4. The summed E-state index contributed by atoms with van der Waals surface area (Å²) in [6.45, 7) is 0. The van der Waals surface area contributed by atoms with E-state index in [-0.39, 0.29) is 0 Å². The summed E-state index contributed by atoms with van der Waals surface area (Å²) >= 11 is 0. The average molecular weight is 690 g/mol. The van der Waals surface area contributed by atoms with Gasteiger partial charge in [0.25, 0.3) is 0 Å². The fraction of sp³-hybridized carbons (Fsp3) is 0.0208. The Morgan fingerprint density at radius 3 is 1.44 bits per heavy atom.